The predicted octanol–water partition coefficient (Wildman–Crippen LogP) is 3.15. The zero-order valence-corrected chi connectivity index (χ0v) is 12.6. The van der Waals surface area contributed by atoms with Gasteiger partial charge in [0.1, 0.15) is 0 Å². The van der Waals surface area contributed by atoms with Crippen molar-refractivity contribution in [3.05, 3.63) is 35.4 Å². The van der Waals surface area contributed by atoms with Gasteiger partial charge in [-0.2, -0.15) is 13.2 Å². The first kappa shape index (κ1) is 16.8. The highest BCUT2D eigenvalue weighted by molar-refractivity contribution is 5.77. The van der Waals surface area contributed by atoms with Crippen LogP contribution in [0.2, 0.25) is 0 Å². The summed E-state index contributed by atoms with van der Waals surface area (Å²) in [7, 11) is 0. The van der Waals surface area contributed by atoms with Crippen molar-refractivity contribution in [3.63, 3.8) is 0 Å². The number of halogens is 3. The zero-order chi connectivity index (χ0) is 16.3. The summed E-state index contributed by atoms with van der Waals surface area (Å²) < 4.78 is 39.1. The maximum atomic E-state index is 13.0. The molecule has 1 heterocycles. The van der Waals surface area contributed by atoms with Crippen LogP contribution in [0.4, 0.5) is 13.2 Å². The molecule has 0 radical (unpaired) electrons. The number of nitrogens with two attached hydrogens (primary N) is 1. The molecule has 22 heavy (non-hydrogen) atoms. The molecule has 2 rings (SSSR count). The van der Waals surface area contributed by atoms with Gasteiger partial charge < -0.3 is 10.6 Å². The molecule has 2 N–H and O–H groups in total. The Morgan fingerprint density at radius 1 is 1.32 bits per heavy atom. The average Bonchev–Trinajstić information content (AvgIpc) is 2.47. The van der Waals surface area contributed by atoms with E-state index in [0.717, 1.165) is 18.9 Å². The van der Waals surface area contributed by atoms with Crippen molar-refractivity contribution in [1.29, 1.82) is 0 Å². The Morgan fingerprint density at radius 3 is 2.50 bits per heavy atom. The van der Waals surface area contributed by atoms with Gasteiger partial charge in [0.2, 0.25) is 5.91 Å². The third-order valence-electron chi connectivity index (χ3n) is 4.17. The second-order valence-corrected chi connectivity index (χ2v) is 5.91. The molecule has 0 aliphatic carbocycles. The molecule has 0 bridgehead atoms. The molecule has 1 aliphatic rings. The number of rotatable bonds is 3. The molecular formula is C16H21F3N2O. The Kier molecular flexibility index (Phi) is 5.11. The van der Waals surface area contributed by atoms with E-state index in [2.05, 4.69) is 0 Å². The van der Waals surface area contributed by atoms with Crippen LogP contribution < -0.4 is 5.73 Å². The number of likely N-dealkylation sites (tertiary alicyclic amines) is 1. The number of alkyl halides is 3. The largest absolute Gasteiger partial charge is 0.416 e. The molecule has 0 aromatic heterocycles. The predicted molar refractivity (Wildman–Crippen MR) is 78.3 cm³/mol. The molecule has 6 heteroatoms. The number of hydrogen-bond acceptors (Lipinski definition) is 2. The minimum absolute atomic E-state index is 0.0856. The lowest BCUT2D eigenvalue weighted by molar-refractivity contribution is -0.139. The van der Waals surface area contributed by atoms with Gasteiger partial charge in [0.15, 0.2) is 0 Å². The summed E-state index contributed by atoms with van der Waals surface area (Å²) >= 11 is 0. The Labute approximate surface area is 128 Å². The van der Waals surface area contributed by atoms with Crippen molar-refractivity contribution in [2.24, 2.45) is 5.73 Å². The minimum atomic E-state index is -4.40. The quantitative estimate of drug-likeness (QED) is 0.931. The van der Waals surface area contributed by atoms with Crippen LogP contribution >= 0.6 is 0 Å². The monoisotopic (exact) mass is 314 g/mol. The molecule has 1 aromatic carbocycles. The van der Waals surface area contributed by atoms with E-state index in [4.69, 9.17) is 5.73 Å². The van der Waals surface area contributed by atoms with Crippen LogP contribution in [0.15, 0.2) is 24.3 Å². The minimum Gasteiger partial charge on any atom is -0.343 e. The average molecular weight is 314 g/mol. The first-order valence-corrected chi connectivity index (χ1v) is 7.48. The molecule has 1 atom stereocenters. The molecule has 0 saturated carbocycles. The highest BCUT2D eigenvalue weighted by Crippen LogP contribution is 2.36. The molecule has 1 aromatic rings. The summed E-state index contributed by atoms with van der Waals surface area (Å²) in [5, 5.41) is 0. The highest BCUT2D eigenvalue weighted by Gasteiger charge is 2.34. The second kappa shape index (κ2) is 6.69. The number of carbonyl (C=O) groups is 1. The van der Waals surface area contributed by atoms with Crippen LogP contribution in [-0.4, -0.2) is 29.9 Å². The van der Waals surface area contributed by atoms with Crippen LogP contribution in [0.5, 0.6) is 0 Å². The summed E-state index contributed by atoms with van der Waals surface area (Å²) in [6.07, 6.45) is -2.81. The molecule has 122 valence electrons. The number of amides is 1. The Bertz CT molecular complexity index is 522. The van der Waals surface area contributed by atoms with Crippen LogP contribution in [0.3, 0.4) is 0 Å². The van der Waals surface area contributed by atoms with Crippen LogP contribution in [0.1, 0.15) is 43.2 Å². The second-order valence-electron chi connectivity index (χ2n) is 5.91. The van der Waals surface area contributed by atoms with Crippen LogP contribution in [0.25, 0.3) is 0 Å². The molecule has 1 saturated heterocycles. The van der Waals surface area contributed by atoms with Crippen molar-refractivity contribution in [1.82, 2.24) is 4.90 Å². The Morgan fingerprint density at radius 2 is 1.91 bits per heavy atom. The molecule has 1 fully saturated rings. The van der Waals surface area contributed by atoms with E-state index in [1.807, 2.05) is 0 Å². The van der Waals surface area contributed by atoms with Gasteiger partial charge in [-0.3, -0.25) is 4.79 Å². The highest BCUT2D eigenvalue weighted by atomic mass is 19.4. The normalized spacial score (nSPS) is 18.3. The van der Waals surface area contributed by atoms with Gasteiger partial charge in [-0.15, -0.1) is 0 Å². The van der Waals surface area contributed by atoms with Gasteiger partial charge >= 0.3 is 6.18 Å². The number of benzene rings is 1. The fourth-order valence-electron chi connectivity index (χ4n) is 2.83. The van der Waals surface area contributed by atoms with E-state index in [1.165, 1.54) is 12.1 Å². The maximum absolute atomic E-state index is 13.0. The van der Waals surface area contributed by atoms with Crippen LogP contribution in [-0.2, 0) is 11.0 Å². The molecule has 1 unspecified atom stereocenters. The maximum Gasteiger partial charge on any atom is 0.416 e. The number of nitrogens with zero attached hydrogens (tertiary/aromatic N) is 1. The fourth-order valence-corrected chi connectivity index (χ4v) is 2.83. The Hall–Kier alpha value is -1.56. The van der Waals surface area contributed by atoms with Crippen molar-refractivity contribution in [3.8, 4) is 0 Å². The first-order chi connectivity index (χ1) is 10.3. The standard InChI is InChI=1S/C16H21F3N2O/c1-11(10-15(22)21-8-6-12(20)7-9-21)13-4-2-3-5-14(13)16(17,18)19/h2-5,11-12H,6-10,20H2,1H3. The van der Waals surface area contributed by atoms with E-state index < -0.39 is 17.7 Å². The van der Waals surface area contributed by atoms with Crippen LogP contribution in [0, 0.1) is 0 Å². The van der Waals surface area contributed by atoms with Gasteiger partial charge in [-0.25, -0.2) is 0 Å². The van der Waals surface area contributed by atoms with Gasteiger partial charge in [0.25, 0.3) is 0 Å². The SMILES string of the molecule is CC(CC(=O)N1CCC(N)CC1)c1ccccc1C(F)(F)F. The number of carbonyl (C=O) groups excluding carboxylic acids is 1. The van der Waals surface area contributed by atoms with E-state index >= 15 is 0 Å². The molecule has 1 aliphatic heterocycles. The zero-order valence-electron chi connectivity index (χ0n) is 12.6. The summed E-state index contributed by atoms with van der Waals surface area (Å²) in [6.45, 7) is 2.85. The smallest absolute Gasteiger partial charge is 0.343 e. The molecule has 3 nitrogen and oxygen atoms in total. The van der Waals surface area contributed by atoms with Crippen molar-refractivity contribution >= 4 is 5.91 Å². The number of piperidine rings is 1. The van der Waals surface area contributed by atoms with Crippen molar-refractivity contribution in [2.45, 2.75) is 44.3 Å². The van der Waals surface area contributed by atoms with E-state index in [1.54, 1.807) is 17.9 Å². The molecular weight excluding hydrogens is 293 g/mol. The lowest BCUT2D eigenvalue weighted by atomic mass is 9.92. The van der Waals surface area contributed by atoms with Crippen molar-refractivity contribution in [2.75, 3.05) is 13.1 Å². The van der Waals surface area contributed by atoms with Gasteiger partial charge in [0.05, 0.1) is 5.56 Å². The van der Waals surface area contributed by atoms with E-state index in [9.17, 15) is 18.0 Å². The summed E-state index contributed by atoms with van der Waals surface area (Å²) in [4.78, 5) is 14.0. The third kappa shape index (κ3) is 4.00. The molecule has 0 spiro atoms. The van der Waals surface area contributed by atoms with Gasteiger partial charge in [-0.05, 0) is 30.4 Å². The summed E-state index contributed by atoms with van der Waals surface area (Å²) in [6, 6.07) is 5.58. The third-order valence-corrected chi connectivity index (χ3v) is 4.17. The lowest BCUT2D eigenvalue weighted by Crippen LogP contribution is -2.43. The Balaban J connectivity index is 2.06. The topological polar surface area (TPSA) is 46.3 Å². The fraction of sp³-hybridized carbons (Fsp3) is 0.562. The number of hydrogen-bond donors (Lipinski definition) is 1. The first-order valence-electron chi connectivity index (χ1n) is 7.48. The van der Waals surface area contributed by atoms with Crippen molar-refractivity contribution < 1.29 is 18.0 Å². The lowest BCUT2D eigenvalue weighted by Gasteiger charge is -2.31. The van der Waals surface area contributed by atoms with E-state index in [-0.39, 0.29) is 23.9 Å². The molecule has 1 amide bonds. The summed E-state index contributed by atoms with van der Waals surface area (Å²) in [5.74, 6) is -0.572. The van der Waals surface area contributed by atoms with Gasteiger partial charge in [0, 0.05) is 25.6 Å². The van der Waals surface area contributed by atoms with Gasteiger partial charge in [-0.1, -0.05) is 25.1 Å². The summed E-state index contributed by atoms with van der Waals surface area (Å²) in [5.41, 5.74) is 5.32. The van der Waals surface area contributed by atoms with E-state index in [0.29, 0.717) is 13.1 Å².